The van der Waals surface area contributed by atoms with Crippen LogP contribution in [0.15, 0.2) is 18.5 Å². The number of hydrogen-bond donors (Lipinski definition) is 1. The Morgan fingerprint density at radius 3 is 2.80 bits per heavy atom. The van der Waals surface area contributed by atoms with E-state index in [4.69, 9.17) is 4.74 Å². The SMILES string of the molecule is OC1CCC(OCCn2cccn2)CC1. The standard InChI is InChI=1S/C11H18N2O2/c14-10-2-4-11(5-3-10)15-9-8-13-7-1-6-12-13/h1,6-7,10-11,14H,2-5,8-9H2. The van der Waals surface area contributed by atoms with Crippen LogP contribution in [-0.4, -0.2) is 33.7 Å². The van der Waals surface area contributed by atoms with Crippen LogP contribution in [0.4, 0.5) is 0 Å². The minimum atomic E-state index is -0.101. The lowest BCUT2D eigenvalue weighted by atomic mass is 9.95. The molecule has 1 aromatic heterocycles. The molecule has 2 rings (SSSR count). The maximum atomic E-state index is 9.33. The highest BCUT2D eigenvalue weighted by molar-refractivity contribution is 4.77. The first kappa shape index (κ1) is 10.6. The zero-order valence-electron chi connectivity index (χ0n) is 8.88. The summed E-state index contributed by atoms with van der Waals surface area (Å²) in [5.41, 5.74) is 0. The summed E-state index contributed by atoms with van der Waals surface area (Å²) in [6.45, 7) is 1.52. The molecule has 0 unspecified atom stereocenters. The topological polar surface area (TPSA) is 47.3 Å². The van der Waals surface area contributed by atoms with E-state index in [0.717, 1.165) is 32.2 Å². The van der Waals surface area contributed by atoms with Crippen molar-refractivity contribution < 1.29 is 9.84 Å². The van der Waals surface area contributed by atoms with Gasteiger partial charge in [-0.25, -0.2) is 0 Å². The van der Waals surface area contributed by atoms with Crippen molar-refractivity contribution >= 4 is 0 Å². The molecule has 0 radical (unpaired) electrons. The number of aliphatic hydroxyl groups excluding tert-OH is 1. The van der Waals surface area contributed by atoms with E-state index in [2.05, 4.69) is 5.10 Å². The minimum Gasteiger partial charge on any atom is -0.393 e. The Bertz CT molecular complexity index is 266. The molecule has 15 heavy (non-hydrogen) atoms. The minimum absolute atomic E-state index is 0.101. The first-order valence-electron chi connectivity index (χ1n) is 5.61. The fraction of sp³-hybridized carbons (Fsp3) is 0.727. The van der Waals surface area contributed by atoms with Crippen molar-refractivity contribution in [1.29, 1.82) is 0 Å². The number of nitrogens with zero attached hydrogens (tertiary/aromatic N) is 2. The zero-order chi connectivity index (χ0) is 10.5. The lowest BCUT2D eigenvalue weighted by Gasteiger charge is -2.25. The molecule has 0 saturated heterocycles. The Labute approximate surface area is 89.9 Å². The summed E-state index contributed by atoms with van der Waals surface area (Å²) in [6.07, 6.45) is 7.68. The average molecular weight is 210 g/mol. The normalized spacial score (nSPS) is 26.7. The van der Waals surface area contributed by atoms with Crippen LogP contribution in [0.1, 0.15) is 25.7 Å². The van der Waals surface area contributed by atoms with Gasteiger partial charge in [0.2, 0.25) is 0 Å². The van der Waals surface area contributed by atoms with Gasteiger partial charge in [0, 0.05) is 12.4 Å². The monoisotopic (exact) mass is 210 g/mol. The molecule has 1 saturated carbocycles. The molecule has 4 nitrogen and oxygen atoms in total. The molecule has 0 bridgehead atoms. The number of hydrogen-bond acceptors (Lipinski definition) is 3. The lowest BCUT2D eigenvalue weighted by molar-refractivity contribution is -0.00676. The third-order valence-electron chi connectivity index (χ3n) is 2.88. The summed E-state index contributed by atoms with van der Waals surface area (Å²) in [6, 6.07) is 1.91. The second kappa shape index (κ2) is 5.28. The first-order valence-corrected chi connectivity index (χ1v) is 5.61. The molecule has 1 fully saturated rings. The van der Waals surface area contributed by atoms with Crippen LogP contribution >= 0.6 is 0 Å². The molecule has 0 atom stereocenters. The van der Waals surface area contributed by atoms with E-state index in [1.54, 1.807) is 6.20 Å². The zero-order valence-corrected chi connectivity index (χ0v) is 8.88. The van der Waals surface area contributed by atoms with Gasteiger partial charge >= 0.3 is 0 Å². The van der Waals surface area contributed by atoms with Gasteiger partial charge in [-0.1, -0.05) is 0 Å². The van der Waals surface area contributed by atoms with Crippen LogP contribution in [0.25, 0.3) is 0 Å². The summed E-state index contributed by atoms with van der Waals surface area (Å²) >= 11 is 0. The van der Waals surface area contributed by atoms with Gasteiger partial charge in [-0.3, -0.25) is 4.68 Å². The maximum absolute atomic E-state index is 9.33. The van der Waals surface area contributed by atoms with Crippen molar-refractivity contribution in [1.82, 2.24) is 9.78 Å². The van der Waals surface area contributed by atoms with Crippen molar-refractivity contribution in [2.75, 3.05) is 6.61 Å². The number of aliphatic hydroxyl groups is 1. The van der Waals surface area contributed by atoms with Gasteiger partial charge in [-0.05, 0) is 31.7 Å². The molecule has 0 aromatic carbocycles. The first-order chi connectivity index (χ1) is 7.34. The molecule has 0 amide bonds. The molecular weight excluding hydrogens is 192 g/mol. The highest BCUT2D eigenvalue weighted by atomic mass is 16.5. The Morgan fingerprint density at radius 2 is 2.13 bits per heavy atom. The fourth-order valence-corrected chi connectivity index (χ4v) is 1.96. The Hall–Kier alpha value is -0.870. The third kappa shape index (κ3) is 3.32. The summed E-state index contributed by atoms with van der Waals surface area (Å²) in [7, 11) is 0. The second-order valence-electron chi connectivity index (χ2n) is 4.07. The molecule has 1 aromatic rings. The number of rotatable bonds is 4. The largest absolute Gasteiger partial charge is 0.393 e. The Kier molecular flexibility index (Phi) is 3.75. The van der Waals surface area contributed by atoms with Crippen molar-refractivity contribution in [2.45, 2.75) is 44.4 Å². The van der Waals surface area contributed by atoms with Gasteiger partial charge < -0.3 is 9.84 Å². The Balaban J connectivity index is 1.62. The predicted molar refractivity (Wildman–Crippen MR) is 56.4 cm³/mol. The van der Waals surface area contributed by atoms with Crippen LogP contribution in [-0.2, 0) is 11.3 Å². The van der Waals surface area contributed by atoms with Gasteiger partial charge in [-0.2, -0.15) is 5.10 Å². The lowest BCUT2D eigenvalue weighted by Crippen LogP contribution is -2.25. The second-order valence-corrected chi connectivity index (χ2v) is 4.07. The molecule has 0 spiro atoms. The molecule has 1 N–H and O–H groups in total. The Morgan fingerprint density at radius 1 is 1.33 bits per heavy atom. The van der Waals surface area contributed by atoms with Gasteiger partial charge in [0.15, 0.2) is 0 Å². The van der Waals surface area contributed by atoms with E-state index < -0.39 is 0 Å². The van der Waals surface area contributed by atoms with E-state index >= 15 is 0 Å². The van der Waals surface area contributed by atoms with Crippen molar-refractivity contribution in [3.05, 3.63) is 18.5 Å². The smallest absolute Gasteiger partial charge is 0.0666 e. The van der Waals surface area contributed by atoms with Gasteiger partial charge in [0.25, 0.3) is 0 Å². The van der Waals surface area contributed by atoms with Gasteiger partial charge in [0.1, 0.15) is 0 Å². The fourth-order valence-electron chi connectivity index (χ4n) is 1.96. The van der Waals surface area contributed by atoms with Crippen molar-refractivity contribution in [3.63, 3.8) is 0 Å². The molecular formula is C11H18N2O2. The van der Waals surface area contributed by atoms with Crippen LogP contribution in [0.2, 0.25) is 0 Å². The summed E-state index contributed by atoms with van der Waals surface area (Å²) in [5.74, 6) is 0. The summed E-state index contributed by atoms with van der Waals surface area (Å²) < 4.78 is 7.61. The molecule has 1 aliphatic carbocycles. The van der Waals surface area contributed by atoms with Gasteiger partial charge in [-0.15, -0.1) is 0 Å². The van der Waals surface area contributed by atoms with E-state index in [0.29, 0.717) is 12.7 Å². The van der Waals surface area contributed by atoms with Crippen LogP contribution < -0.4 is 0 Å². The highest BCUT2D eigenvalue weighted by Gasteiger charge is 2.19. The van der Waals surface area contributed by atoms with E-state index in [1.807, 2.05) is 16.9 Å². The third-order valence-corrected chi connectivity index (χ3v) is 2.88. The number of aromatic nitrogens is 2. The maximum Gasteiger partial charge on any atom is 0.0666 e. The van der Waals surface area contributed by atoms with Crippen LogP contribution in [0.5, 0.6) is 0 Å². The molecule has 0 aliphatic heterocycles. The molecule has 84 valence electrons. The van der Waals surface area contributed by atoms with E-state index in [-0.39, 0.29) is 6.10 Å². The molecule has 1 heterocycles. The molecule has 4 heteroatoms. The predicted octanol–water partition coefficient (Wildman–Crippen LogP) is 1.20. The van der Waals surface area contributed by atoms with Crippen LogP contribution in [0, 0.1) is 0 Å². The van der Waals surface area contributed by atoms with Crippen LogP contribution in [0.3, 0.4) is 0 Å². The van der Waals surface area contributed by atoms with E-state index in [1.165, 1.54) is 0 Å². The van der Waals surface area contributed by atoms with Crippen molar-refractivity contribution in [3.8, 4) is 0 Å². The number of ether oxygens (including phenoxy) is 1. The summed E-state index contributed by atoms with van der Waals surface area (Å²) in [4.78, 5) is 0. The summed E-state index contributed by atoms with van der Waals surface area (Å²) in [5, 5.41) is 13.4. The quantitative estimate of drug-likeness (QED) is 0.812. The highest BCUT2D eigenvalue weighted by Crippen LogP contribution is 2.20. The molecule has 1 aliphatic rings. The van der Waals surface area contributed by atoms with E-state index in [9.17, 15) is 5.11 Å². The average Bonchev–Trinajstić information content (AvgIpc) is 2.74. The van der Waals surface area contributed by atoms with Crippen molar-refractivity contribution in [2.24, 2.45) is 0 Å². The van der Waals surface area contributed by atoms with Gasteiger partial charge in [0.05, 0.1) is 25.4 Å².